The van der Waals surface area contributed by atoms with Crippen molar-refractivity contribution >= 4 is 17.5 Å². The van der Waals surface area contributed by atoms with Crippen molar-refractivity contribution in [3.8, 4) is 11.3 Å². The van der Waals surface area contributed by atoms with Crippen LogP contribution >= 0.6 is 11.6 Å². The number of benzene rings is 1. The van der Waals surface area contributed by atoms with Gasteiger partial charge in [0.15, 0.2) is 0 Å². The quantitative estimate of drug-likeness (QED) is 0.884. The van der Waals surface area contributed by atoms with Crippen LogP contribution in [0.5, 0.6) is 0 Å². The minimum absolute atomic E-state index is 0.0121. The van der Waals surface area contributed by atoms with E-state index in [9.17, 15) is 9.59 Å². The van der Waals surface area contributed by atoms with Crippen LogP contribution < -0.4 is 10.9 Å². The summed E-state index contributed by atoms with van der Waals surface area (Å²) in [6, 6.07) is 10.6. The smallest absolute Gasteiger partial charge is 0.266 e. The van der Waals surface area contributed by atoms with Gasteiger partial charge in [0.25, 0.3) is 5.56 Å². The average molecular weight is 334 g/mol. The molecule has 0 atom stereocenters. The highest BCUT2D eigenvalue weighted by molar-refractivity contribution is 6.30. The second-order valence-electron chi connectivity index (χ2n) is 5.61. The van der Waals surface area contributed by atoms with Crippen molar-refractivity contribution < 1.29 is 4.79 Å². The number of aryl methyl sites for hydroxylation is 1. The summed E-state index contributed by atoms with van der Waals surface area (Å²) in [7, 11) is 0. The van der Waals surface area contributed by atoms with Gasteiger partial charge >= 0.3 is 0 Å². The first-order chi connectivity index (χ1) is 11.0. The van der Waals surface area contributed by atoms with E-state index in [1.54, 1.807) is 18.2 Å². The second kappa shape index (κ2) is 7.92. The van der Waals surface area contributed by atoms with Crippen molar-refractivity contribution in [3.05, 3.63) is 51.8 Å². The fourth-order valence-electron chi connectivity index (χ4n) is 2.17. The number of carbonyl (C=O) groups excluding carboxylic acids is 1. The summed E-state index contributed by atoms with van der Waals surface area (Å²) < 4.78 is 1.40. The number of nitrogens with zero attached hydrogens (tertiary/aromatic N) is 2. The highest BCUT2D eigenvalue weighted by Crippen LogP contribution is 2.18. The van der Waals surface area contributed by atoms with Gasteiger partial charge < -0.3 is 5.32 Å². The first-order valence-corrected chi connectivity index (χ1v) is 7.97. The fourth-order valence-corrected chi connectivity index (χ4v) is 2.29. The van der Waals surface area contributed by atoms with E-state index in [0.29, 0.717) is 30.1 Å². The van der Waals surface area contributed by atoms with E-state index in [-0.39, 0.29) is 17.5 Å². The molecule has 122 valence electrons. The van der Waals surface area contributed by atoms with Gasteiger partial charge in [-0.2, -0.15) is 5.10 Å². The maximum atomic E-state index is 11.9. The highest BCUT2D eigenvalue weighted by Gasteiger charge is 2.06. The molecule has 1 heterocycles. The van der Waals surface area contributed by atoms with Crippen LogP contribution in [0.3, 0.4) is 0 Å². The zero-order chi connectivity index (χ0) is 16.8. The van der Waals surface area contributed by atoms with Crippen molar-refractivity contribution in [2.45, 2.75) is 39.3 Å². The summed E-state index contributed by atoms with van der Waals surface area (Å²) in [5.41, 5.74) is 1.42. The lowest BCUT2D eigenvalue weighted by Crippen LogP contribution is -2.30. The topological polar surface area (TPSA) is 64.0 Å². The molecule has 6 heteroatoms. The second-order valence-corrected chi connectivity index (χ2v) is 6.05. The summed E-state index contributed by atoms with van der Waals surface area (Å²) in [5.74, 6) is -0.0121. The number of aromatic nitrogens is 2. The van der Waals surface area contributed by atoms with Crippen molar-refractivity contribution in [1.29, 1.82) is 0 Å². The molecule has 0 spiro atoms. The zero-order valence-corrected chi connectivity index (χ0v) is 14.0. The molecule has 0 aliphatic carbocycles. The van der Waals surface area contributed by atoms with Gasteiger partial charge in [-0.25, -0.2) is 4.68 Å². The number of hydrogen-bond donors (Lipinski definition) is 1. The lowest BCUT2D eigenvalue weighted by atomic mass is 10.1. The normalized spacial score (nSPS) is 10.8. The molecule has 1 N–H and O–H groups in total. The monoisotopic (exact) mass is 333 g/mol. The van der Waals surface area contributed by atoms with Gasteiger partial charge in [0.2, 0.25) is 5.91 Å². The standard InChI is InChI=1S/C17H20ClN3O2/c1-12(2)19-16(22)4-3-11-21-17(23)10-9-15(20-21)13-5-7-14(18)8-6-13/h5-10,12H,3-4,11H2,1-2H3,(H,19,22). The van der Waals surface area contributed by atoms with Crippen LogP contribution in [0, 0.1) is 0 Å². The molecule has 0 bridgehead atoms. The van der Waals surface area contributed by atoms with E-state index in [0.717, 1.165) is 5.56 Å². The molecule has 0 aliphatic rings. The molecule has 2 aromatic rings. The predicted octanol–water partition coefficient (Wildman–Crippen LogP) is 2.87. The van der Waals surface area contributed by atoms with Gasteiger partial charge in [-0.3, -0.25) is 9.59 Å². The molecule has 0 fully saturated rings. The Kier molecular flexibility index (Phi) is 5.93. The third-order valence-electron chi connectivity index (χ3n) is 3.23. The summed E-state index contributed by atoms with van der Waals surface area (Å²) in [6.07, 6.45) is 0.938. The van der Waals surface area contributed by atoms with Crippen LogP contribution in [0.15, 0.2) is 41.2 Å². The Balaban J connectivity index is 2.05. The van der Waals surface area contributed by atoms with E-state index in [1.807, 2.05) is 26.0 Å². The van der Waals surface area contributed by atoms with Crippen molar-refractivity contribution in [3.63, 3.8) is 0 Å². The molecule has 1 aromatic heterocycles. The number of halogens is 1. The van der Waals surface area contributed by atoms with E-state index >= 15 is 0 Å². The Morgan fingerprint density at radius 2 is 1.91 bits per heavy atom. The Bertz CT molecular complexity index is 723. The Hall–Kier alpha value is -2.14. The molecule has 0 radical (unpaired) electrons. The van der Waals surface area contributed by atoms with Crippen LogP contribution in [-0.4, -0.2) is 21.7 Å². The summed E-state index contributed by atoms with van der Waals surface area (Å²) in [6.45, 7) is 4.24. The highest BCUT2D eigenvalue weighted by atomic mass is 35.5. The molecule has 0 saturated carbocycles. The maximum Gasteiger partial charge on any atom is 0.266 e. The number of carbonyl (C=O) groups is 1. The number of rotatable bonds is 6. The van der Waals surface area contributed by atoms with Crippen molar-refractivity contribution in [1.82, 2.24) is 15.1 Å². The molecular weight excluding hydrogens is 314 g/mol. The summed E-state index contributed by atoms with van der Waals surface area (Å²) in [4.78, 5) is 23.5. The molecule has 23 heavy (non-hydrogen) atoms. The van der Waals surface area contributed by atoms with Crippen LogP contribution in [0.25, 0.3) is 11.3 Å². The van der Waals surface area contributed by atoms with E-state index in [2.05, 4.69) is 10.4 Å². The predicted molar refractivity (Wildman–Crippen MR) is 91.5 cm³/mol. The first kappa shape index (κ1) is 17.2. The Morgan fingerprint density at radius 3 is 2.57 bits per heavy atom. The lowest BCUT2D eigenvalue weighted by Gasteiger charge is -2.09. The molecule has 1 amide bonds. The molecule has 0 unspecified atom stereocenters. The van der Waals surface area contributed by atoms with Crippen LogP contribution in [0.4, 0.5) is 0 Å². The maximum absolute atomic E-state index is 11.9. The van der Waals surface area contributed by atoms with Crippen molar-refractivity contribution in [2.75, 3.05) is 0 Å². The summed E-state index contributed by atoms with van der Waals surface area (Å²) in [5, 5.41) is 7.84. The molecule has 2 rings (SSSR count). The third kappa shape index (κ3) is 5.21. The fraction of sp³-hybridized carbons (Fsp3) is 0.353. The first-order valence-electron chi connectivity index (χ1n) is 7.59. The minimum atomic E-state index is -0.174. The van der Waals surface area contributed by atoms with Gasteiger partial charge in [0.1, 0.15) is 0 Å². The lowest BCUT2D eigenvalue weighted by molar-refractivity contribution is -0.121. The van der Waals surface area contributed by atoms with Crippen LogP contribution in [0.1, 0.15) is 26.7 Å². The SMILES string of the molecule is CC(C)NC(=O)CCCn1nc(-c2ccc(Cl)cc2)ccc1=O. The molecular formula is C17H20ClN3O2. The summed E-state index contributed by atoms with van der Waals surface area (Å²) >= 11 is 5.88. The number of nitrogens with one attached hydrogen (secondary N) is 1. The van der Waals surface area contributed by atoms with Crippen LogP contribution in [-0.2, 0) is 11.3 Å². The van der Waals surface area contributed by atoms with Gasteiger partial charge in [0, 0.05) is 35.7 Å². The number of hydrogen-bond acceptors (Lipinski definition) is 3. The van der Waals surface area contributed by atoms with E-state index < -0.39 is 0 Å². The van der Waals surface area contributed by atoms with Gasteiger partial charge in [-0.05, 0) is 38.5 Å². The largest absolute Gasteiger partial charge is 0.354 e. The molecule has 0 aliphatic heterocycles. The van der Waals surface area contributed by atoms with Gasteiger partial charge in [-0.15, -0.1) is 0 Å². The number of amides is 1. The Morgan fingerprint density at radius 1 is 1.22 bits per heavy atom. The Labute approximate surface area is 140 Å². The van der Waals surface area contributed by atoms with Crippen LogP contribution in [0.2, 0.25) is 5.02 Å². The molecule has 0 saturated heterocycles. The van der Waals surface area contributed by atoms with E-state index in [1.165, 1.54) is 10.7 Å². The minimum Gasteiger partial charge on any atom is -0.354 e. The van der Waals surface area contributed by atoms with Gasteiger partial charge in [-0.1, -0.05) is 23.7 Å². The molecule has 1 aromatic carbocycles. The zero-order valence-electron chi connectivity index (χ0n) is 13.3. The molecule has 5 nitrogen and oxygen atoms in total. The third-order valence-corrected chi connectivity index (χ3v) is 3.48. The average Bonchev–Trinajstić information content (AvgIpc) is 2.49. The van der Waals surface area contributed by atoms with E-state index in [4.69, 9.17) is 11.6 Å². The van der Waals surface area contributed by atoms with Crippen molar-refractivity contribution in [2.24, 2.45) is 0 Å². The van der Waals surface area contributed by atoms with Gasteiger partial charge in [0.05, 0.1) is 5.69 Å².